The SMILES string of the molecule is COCC1=CCC2=NC3=C4C(N=CN3)NC(=O)C4CN(Cc3ccccc3)CCCNCCO[C@@H]1C2. The maximum atomic E-state index is 13.1. The number of fused-ring (bicyclic) bond motifs is 2. The zero-order valence-electron chi connectivity index (χ0n) is 20.9. The van der Waals surface area contributed by atoms with Crippen molar-refractivity contribution in [1.29, 1.82) is 0 Å². The van der Waals surface area contributed by atoms with Gasteiger partial charge in [-0.1, -0.05) is 36.4 Å². The Morgan fingerprint density at radius 1 is 1.22 bits per heavy atom. The van der Waals surface area contributed by atoms with E-state index in [9.17, 15) is 4.79 Å². The Labute approximate surface area is 212 Å². The van der Waals surface area contributed by atoms with E-state index in [0.717, 1.165) is 56.1 Å². The van der Waals surface area contributed by atoms with Crippen molar-refractivity contribution in [2.75, 3.05) is 46.5 Å². The van der Waals surface area contributed by atoms with Crippen LogP contribution >= 0.6 is 0 Å². The van der Waals surface area contributed by atoms with Crippen LogP contribution in [0, 0.1) is 5.92 Å². The van der Waals surface area contributed by atoms with Crippen molar-refractivity contribution in [1.82, 2.24) is 20.9 Å². The van der Waals surface area contributed by atoms with Crippen LogP contribution in [0.1, 0.15) is 24.8 Å². The van der Waals surface area contributed by atoms with E-state index in [0.29, 0.717) is 26.2 Å². The highest BCUT2D eigenvalue weighted by molar-refractivity contribution is 5.91. The van der Waals surface area contributed by atoms with Gasteiger partial charge in [0.1, 0.15) is 12.0 Å². The topological polar surface area (TPSA) is 99.6 Å². The lowest BCUT2D eigenvalue weighted by atomic mass is 9.94. The number of hydrogen-bond acceptors (Lipinski definition) is 8. The van der Waals surface area contributed by atoms with E-state index in [2.05, 4.69) is 56.2 Å². The molecule has 0 aromatic heterocycles. The van der Waals surface area contributed by atoms with Crippen molar-refractivity contribution in [2.24, 2.45) is 15.9 Å². The zero-order valence-corrected chi connectivity index (χ0v) is 20.9. The molecule has 0 saturated carbocycles. The van der Waals surface area contributed by atoms with Gasteiger partial charge in [-0.2, -0.15) is 0 Å². The van der Waals surface area contributed by atoms with Crippen LogP contribution < -0.4 is 16.0 Å². The van der Waals surface area contributed by atoms with Crippen molar-refractivity contribution in [3.63, 3.8) is 0 Å². The van der Waals surface area contributed by atoms with Crippen LogP contribution in [-0.2, 0) is 20.8 Å². The second kappa shape index (κ2) is 11.9. The highest BCUT2D eigenvalue weighted by Crippen LogP contribution is 2.31. The summed E-state index contributed by atoms with van der Waals surface area (Å²) in [6.45, 7) is 5.18. The highest BCUT2D eigenvalue weighted by atomic mass is 16.5. The summed E-state index contributed by atoms with van der Waals surface area (Å²) in [6.07, 6.45) is 5.83. The molecule has 2 bridgehead atoms. The van der Waals surface area contributed by atoms with Gasteiger partial charge in [-0.05, 0) is 30.6 Å². The molecule has 1 amide bonds. The van der Waals surface area contributed by atoms with Gasteiger partial charge in [0.05, 0.1) is 31.6 Å². The lowest BCUT2D eigenvalue weighted by Gasteiger charge is -2.28. The molecule has 0 spiro atoms. The largest absolute Gasteiger partial charge is 0.380 e. The number of hydrogen-bond donors (Lipinski definition) is 3. The van der Waals surface area contributed by atoms with Crippen LogP contribution in [0.2, 0.25) is 0 Å². The molecule has 36 heavy (non-hydrogen) atoms. The molecule has 1 fully saturated rings. The summed E-state index contributed by atoms with van der Waals surface area (Å²) in [5.74, 6) is 0.446. The Morgan fingerprint density at radius 3 is 2.97 bits per heavy atom. The summed E-state index contributed by atoms with van der Waals surface area (Å²) in [7, 11) is 1.71. The molecule has 192 valence electrons. The first-order valence-corrected chi connectivity index (χ1v) is 12.9. The number of nitrogens with one attached hydrogen (secondary N) is 3. The third-order valence-electron chi connectivity index (χ3n) is 7.09. The van der Waals surface area contributed by atoms with Crippen LogP contribution in [-0.4, -0.2) is 81.6 Å². The molecule has 4 aliphatic rings. The fourth-order valence-electron chi connectivity index (χ4n) is 5.29. The van der Waals surface area contributed by atoms with E-state index in [1.807, 2.05) is 6.07 Å². The first-order chi connectivity index (χ1) is 17.7. The van der Waals surface area contributed by atoms with Crippen molar-refractivity contribution in [2.45, 2.75) is 38.1 Å². The van der Waals surface area contributed by atoms with E-state index in [1.54, 1.807) is 13.4 Å². The van der Waals surface area contributed by atoms with Gasteiger partial charge in [0.15, 0.2) is 0 Å². The molecular formula is C27H36N6O3. The van der Waals surface area contributed by atoms with E-state index in [4.69, 9.17) is 14.5 Å². The molecule has 0 radical (unpaired) electrons. The molecule has 3 heterocycles. The summed E-state index contributed by atoms with van der Waals surface area (Å²) in [5, 5.41) is 9.82. The molecule has 3 N–H and O–H groups in total. The predicted octanol–water partition coefficient (Wildman–Crippen LogP) is 1.59. The minimum atomic E-state index is -0.363. The standard InChI is InChI=1S/C27H36N6O3/c1-35-17-20-8-9-21-14-23(20)36-13-11-28-10-5-12-33(15-19-6-3-2-4-7-19)16-22-24-25(31-21)29-18-30-26(24)32-27(22)34/h2-4,6-8,18,22-23,26,28H,5,9-17H2,1H3,(H,29,30)(H,32,34)/t22?,23-,26?/m1/s1. The Hall–Kier alpha value is -2.85. The molecule has 9 nitrogen and oxygen atoms in total. The average molecular weight is 493 g/mol. The van der Waals surface area contributed by atoms with Gasteiger partial charge in [0.25, 0.3) is 0 Å². The smallest absolute Gasteiger partial charge is 0.230 e. The van der Waals surface area contributed by atoms with E-state index < -0.39 is 0 Å². The molecule has 1 aromatic carbocycles. The molecule has 9 heteroatoms. The van der Waals surface area contributed by atoms with Crippen LogP contribution in [0.15, 0.2) is 63.4 Å². The number of nitrogens with zero attached hydrogens (tertiary/aromatic N) is 3. The first kappa shape index (κ1) is 24.8. The Morgan fingerprint density at radius 2 is 2.11 bits per heavy atom. The van der Waals surface area contributed by atoms with Gasteiger partial charge in [-0.3, -0.25) is 9.69 Å². The summed E-state index contributed by atoms with van der Waals surface area (Å²) >= 11 is 0. The molecule has 1 aliphatic carbocycles. The van der Waals surface area contributed by atoms with Crippen molar-refractivity contribution >= 4 is 18.0 Å². The van der Waals surface area contributed by atoms with E-state index in [1.165, 1.54) is 11.1 Å². The van der Waals surface area contributed by atoms with E-state index >= 15 is 0 Å². The highest BCUT2D eigenvalue weighted by Gasteiger charge is 2.41. The van der Waals surface area contributed by atoms with Gasteiger partial charge in [0, 0.05) is 50.9 Å². The predicted molar refractivity (Wildman–Crippen MR) is 140 cm³/mol. The fourth-order valence-corrected chi connectivity index (χ4v) is 5.29. The number of carbonyl (C=O) groups is 1. The van der Waals surface area contributed by atoms with Gasteiger partial charge < -0.3 is 25.4 Å². The van der Waals surface area contributed by atoms with Crippen LogP contribution in [0.4, 0.5) is 0 Å². The summed E-state index contributed by atoms with van der Waals surface area (Å²) < 4.78 is 11.7. The van der Waals surface area contributed by atoms with Crippen LogP contribution in [0.3, 0.4) is 0 Å². The molecule has 5 rings (SSSR count). The molecule has 1 saturated heterocycles. The number of ether oxygens (including phenoxy) is 2. The maximum Gasteiger partial charge on any atom is 0.230 e. The van der Waals surface area contributed by atoms with Crippen LogP contribution in [0.5, 0.6) is 0 Å². The normalized spacial score (nSPS) is 27.6. The average Bonchev–Trinajstić information content (AvgIpc) is 3.20. The Kier molecular flexibility index (Phi) is 8.22. The van der Waals surface area contributed by atoms with Crippen LogP contribution in [0.25, 0.3) is 0 Å². The number of carbonyl (C=O) groups excluding carboxylic acids is 1. The number of benzene rings is 1. The van der Waals surface area contributed by atoms with Gasteiger partial charge in [-0.25, -0.2) is 9.98 Å². The Bertz CT molecular complexity index is 1050. The molecule has 3 aliphatic heterocycles. The summed E-state index contributed by atoms with van der Waals surface area (Å²) in [4.78, 5) is 25.0. The summed E-state index contributed by atoms with van der Waals surface area (Å²) in [6, 6.07) is 10.4. The second-order valence-electron chi connectivity index (χ2n) is 9.67. The van der Waals surface area contributed by atoms with E-state index in [-0.39, 0.29) is 24.1 Å². The number of methoxy groups -OCH3 is 1. The van der Waals surface area contributed by atoms with Crippen molar-refractivity contribution in [3.8, 4) is 0 Å². The molecule has 2 unspecified atom stereocenters. The fraction of sp³-hybridized carbons (Fsp3) is 0.519. The lowest BCUT2D eigenvalue weighted by molar-refractivity contribution is -0.122. The maximum absolute atomic E-state index is 13.1. The number of aliphatic imine (C=N–C) groups is 2. The quantitative estimate of drug-likeness (QED) is 0.552. The van der Waals surface area contributed by atoms with Gasteiger partial charge >= 0.3 is 0 Å². The van der Waals surface area contributed by atoms with Gasteiger partial charge in [-0.15, -0.1) is 0 Å². The minimum absolute atomic E-state index is 0.0120. The summed E-state index contributed by atoms with van der Waals surface area (Å²) in [5.41, 5.74) is 4.37. The number of rotatable bonds is 4. The molecular weight excluding hydrogens is 456 g/mol. The Balaban J connectivity index is 1.45. The lowest BCUT2D eigenvalue weighted by Crippen LogP contribution is -2.36. The van der Waals surface area contributed by atoms with Gasteiger partial charge in [0.2, 0.25) is 5.91 Å². The number of allylic oxidation sites excluding steroid dienone is 1. The minimum Gasteiger partial charge on any atom is -0.380 e. The number of amides is 1. The second-order valence-corrected chi connectivity index (χ2v) is 9.67. The molecule has 1 aromatic rings. The van der Waals surface area contributed by atoms with Crippen molar-refractivity contribution < 1.29 is 14.3 Å². The zero-order chi connectivity index (χ0) is 24.7. The first-order valence-electron chi connectivity index (χ1n) is 12.9. The molecule has 3 atom stereocenters. The van der Waals surface area contributed by atoms with Crippen molar-refractivity contribution in [3.05, 3.63) is 58.9 Å². The third kappa shape index (κ3) is 5.92. The monoisotopic (exact) mass is 492 g/mol. The third-order valence-corrected chi connectivity index (χ3v) is 7.09.